The van der Waals surface area contributed by atoms with E-state index in [1.54, 1.807) is 0 Å². The van der Waals surface area contributed by atoms with Crippen molar-refractivity contribution in [3.8, 4) is 0 Å². The first-order valence-corrected chi connectivity index (χ1v) is 8.50. The van der Waals surface area contributed by atoms with Gasteiger partial charge in [0.1, 0.15) is 10.6 Å². The molecule has 6 nitrogen and oxygen atoms in total. The average Bonchev–Trinajstić information content (AvgIpc) is 3.20. The van der Waals surface area contributed by atoms with Gasteiger partial charge in [-0.15, -0.1) is 0 Å². The molecule has 0 saturated heterocycles. The summed E-state index contributed by atoms with van der Waals surface area (Å²) in [4.78, 5) is 12.4. The number of alkyl halides is 3. The number of amides is 1. The summed E-state index contributed by atoms with van der Waals surface area (Å²) in [6.07, 6.45) is -3.65. The van der Waals surface area contributed by atoms with Crippen molar-refractivity contribution >= 4 is 21.6 Å². The van der Waals surface area contributed by atoms with Gasteiger partial charge < -0.3 is 5.32 Å². The van der Waals surface area contributed by atoms with Gasteiger partial charge in [-0.3, -0.25) is 9.48 Å². The lowest BCUT2D eigenvalue weighted by atomic mass is 10.2. The van der Waals surface area contributed by atoms with E-state index in [1.165, 1.54) is 27.8 Å². The zero-order valence-corrected chi connectivity index (χ0v) is 14.0. The second kappa shape index (κ2) is 5.22. The third-order valence-corrected chi connectivity index (χ3v) is 6.96. The van der Waals surface area contributed by atoms with Crippen LogP contribution in [0.25, 0.3) is 0 Å². The van der Waals surface area contributed by atoms with Crippen LogP contribution in [0, 0.1) is 6.92 Å². The summed E-state index contributed by atoms with van der Waals surface area (Å²) in [5.41, 5.74) is -1.37. The maximum Gasteiger partial charge on any atom is 0.435 e. The van der Waals surface area contributed by atoms with E-state index in [4.69, 9.17) is 0 Å². The molecule has 1 aliphatic carbocycles. The van der Waals surface area contributed by atoms with Gasteiger partial charge in [-0.05, 0) is 33.6 Å². The van der Waals surface area contributed by atoms with Crippen LogP contribution in [0.2, 0.25) is 0 Å². The number of carbonyl (C=O) groups excluding carboxylic acids is 1. The monoisotopic (exact) mass is 353 g/mol. The van der Waals surface area contributed by atoms with E-state index in [0.717, 1.165) is 4.68 Å². The molecule has 0 bridgehead atoms. The van der Waals surface area contributed by atoms with Gasteiger partial charge in [-0.25, -0.2) is 8.42 Å². The molecule has 1 N–H and O–H groups in total. The normalized spacial score (nSPS) is 16.5. The largest absolute Gasteiger partial charge is 0.435 e. The second-order valence-electron chi connectivity index (χ2n) is 6.15. The number of carbonyl (C=O) groups is 1. The van der Waals surface area contributed by atoms with Crippen LogP contribution in [0.1, 0.15) is 37.9 Å². The van der Waals surface area contributed by atoms with Gasteiger partial charge in [0.05, 0.1) is 5.25 Å². The summed E-state index contributed by atoms with van der Waals surface area (Å²) < 4.78 is 62.3. The van der Waals surface area contributed by atoms with Crippen LogP contribution in [-0.2, 0) is 27.9 Å². The number of hydrogen-bond donors (Lipinski definition) is 1. The van der Waals surface area contributed by atoms with Gasteiger partial charge in [-0.1, -0.05) is 0 Å². The Morgan fingerprint density at radius 3 is 2.22 bits per heavy atom. The van der Waals surface area contributed by atoms with Gasteiger partial charge in [0.2, 0.25) is 5.91 Å². The molecule has 1 aromatic rings. The predicted octanol–water partition coefficient (Wildman–Crippen LogP) is 2.04. The number of nitrogens with zero attached hydrogens (tertiary/aromatic N) is 2. The lowest BCUT2D eigenvalue weighted by Gasteiger charge is -2.23. The molecule has 1 fully saturated rings. The molecule has 0 aliphatic heterocycles. The van der Waals surface area contributed by atoms with Crippen molar-refractivity contribution in [3.05, 3.63) is 11.3 Å². The summed E-state index contributed by atoms with van der Waals surface area (Å²) in [5.74, 6) is -1.04. The highest BCUT2D eigenvalue weighted by Gasteiger charge is 2.50. The fourth-order valence-corrected chi connectivity index (χ4v) is 4.16. The molecule has 1 aliphatic rings. The Balaban J connectivity index is 2.33. The quantitative estimate of drug-likeness (QED) is 0.898. The van der Waals surface area contributed by atoms with Crippen molar-refractivity contribution in [2.75, 3.05) is 5.32 Å². The third-order valence-electron chi connectivity index (χ3n) is 4.01. The highest BCUT2D eigenvalue weighted by atomic mass is 32.2. The smallest absolute Gasteiger partial charge is 0.309 e. The Morgan fingerprint density at radius 1 is 1.30 bits per heavy atom. The maximum absolute atomic E-state index is 12.8. The molecule has 23 heavy (non-hydrogen) atoms. The number of aryl methyl sites for hydroxylation is 1. The molecule has 1 saturated carbocycles. The number of halogens is 3. The Kier molecular flexibility index (Phi) is 4.03. The number of rotatable bonds is 4. The topological polar surface area (TPSA) is 81.1 Å². The highest BCUT2D eigenvalue weighted by Crippen LogP contribution is 2.37. The van der Waals surface area contributed by atoms with Crippen molar-refractivity contribution in [1.82, 2.24) is 9.78 Å². The standard InChI is InChI=1S/C13H18F3N3O3S/c1-7-9(13(14,15)16)18-19(4)10(7)17-11(20)12(2,3)23(21,22)8-5-6-8/h8H,5-6H2,1-4H3,(H,17,20). The van der Waals surface area contributed by atoms with Crippen molar-refractivity contribution in [2.24, 2.45) is 7.05 Å². The summed E-state index contributed by atoms with van der Waals surface area (Å²) >= 11 is 0. The molecule has 10 heteroatoms. The first-order valence-electron chi connectivity index (χ1n) is 6.96. The van der Waals surface area contributed by atoms with E-state index in [0.29, 0.717) is 12.8 Å². The fourth-order valence-electron chi connectivity index (χ4n) is 2.26. The lowest BCUT2D eigenvalue weighted by Crippen LogP contribution is -2.46. The van der Waals surface area contributed by atoms with Crippen LogP contribution >= 0.6 is 0 Å². The summed E-state index contributed by atoms with van der Waals surface area (Å²) in [5, 5.41) is 5.08. The Labute approximate surface area is 132 Å². The first kappa shape index (κ1) is 17.8. The average molecular weight is 353 g/mol. The van der Waals surface area contributed by atoms with Crippen LogP contribution in [0.15, 0.2) is 0 Å². The Bertz CT molecular complexity index is 746. The van der Waals surface area contributed by atoms with Gasteiger partial charge in [0.25, 0.3) is 0 Å². The van der Waals surface area contributed by atoms with Crippen molar-refractivity contribution in [3.63, 3.8) is 0 Å². The molecule has 1 aromatic heterocycles. The first-order chi connectivity index (χ1) is 10.3. The SMILES string of the molecule is Cc1c(C(F)(F)F)nn(C)c1NC(=O)C(C)(C)S(=O)(=O)C1CC1. The number of aromatic nitrogens is 2. The van der Waals surface area contributed by atoms with Crippen molar-refractivity contribution < 1.29 is 26.4 Å². The summed E-state index contributed by atoms with van der Waals surface area (Å²) in [6, 6.07) is 0. The van der Waals surface area contributed by atoms with Crippen molar-refractivity contribution in [1.29, 1.82) is 0 Å². The minimum atomic E-state index is -4.65. The molecular formula is C13H18F3N3O3S. The highest BCUT2D eigenvalue weighted by molar-refractivity contribution is 7.94. The van der Waals surface area contributed by atoms with E-state index in [1.807, 2.05) is 0 Å². The molecule has 2 rings (SSSR count). The minimum absolute atomic E-state index is 0.165. The van der Waals surface area contributed by atoms with Gasteiger partial charge >= 0.3 is 6.18 Å². The van der Waals surface area contributed by atoms with E-state index in [-0.39, 0.29) is 11.4 Å². The van der Waals surface area contributed by atoms with Gasteiger partial charge in [-0.2, -0.15) is 18.3 Å². The molecule has 1 heterocycles. The van der Waals surface area contributed by atoms with Crippen LogP contribution < -0.4 is 5.32 Å². The predicted molar refractivity (Wildman–Crippen MR) is 77.6 cm³/mol. The molecule has 1 amide bonds. The number of nitrogens with one attached hydrogen (secondary N) is 1. The zero-order chi connectivity index (χ0) is 17.8. The minimum Gasteiger partial charge on any atom is -0.309 e. The lowest BCUT2D eigenvalue weighted by molar-refractivity contribution is -0.141. The van der Waals surface area contributed by atoms with Gasteiger partial charge in [0, 0.05) is 12.6 Å². The van der Waals surface area contributed by atoms with Crippen LogP contribution in [-0.4, -0.2) is 34.1 Å². The number of sulfone groups is 1. The number of anilines is 1. The maximum atomic E-state index is 12.8. The van der Waals surface area contributed by atoms with E-state index in [2.05, 4.69) is 10.4 Å². The van der Waals surface area contributed by atoms with Crippen LogP contribution in [0.5, 0.6) is 0 Å². The molecule has 0 aromatic carbocycles. The van der Waals surface area contributed by atoms with Crippen LogP contribution in [0.4, 0.5) is 19.0 Å². The molecule has 0 unspecified atom stereocenters. The fraction of sp³-hybridized carbons (Fsp3) is 0.692. The van der Waals surface area contributed by atoms with Gasteiger partial charge in [0.15, 0.2) is 15.5 Å². The molecule has 0 spiro atoms. The van der Waals surface area contributed by atoms with Crippen molar-refractivity contribution in [2.45, 2.75) is 49.8 Å². The molecular weight excluding hydrogens is 335 g/mol. The Morgan fingerprint density at radius 2 is 1.83 bits per heavy atom. The third kappa shape index (κ3) is 2.96. The molecule has 0 radical (unpaired) electrons. The molecule has 130 valence electrons. The number of hydrogen-bond acceptors (Lipinski definition) is 4. The zero-order valence-electron chi connectivity index (χ0n) is 13.2. The summed E-state index contributed by atoms with van der Waals surface area (Å²) in [6.45, 7) is 3.69. The van der Waals surface area contributed by atoms with E-state index >= 15 is 0 Å². The Hall–Kier alpha value is -1.58. The molecule has 0 atom stereocenters. The second-order valence-corrected chi connectivity index (χ2v) is 8.93. The van der Waals surface area contributed by atoms with Crippen LogP contribution in [0.3, 0.4) is 0 Å². The summed E-state index contributed by atoms with van der Waals surface area (Å²) in [7, 11) is -2.45. The van der Waals surface area contributed by atoms with E-state index < -0.39 is 37.6 Å². The van der Waals surface area contributed by atoms with E-state index in [9.17, 15) is 26.4 Å².